The Kier molecular flexibility index (Phi) is 2.50. The average molecular weight is 248 g/mol. The Hall–Kier alpha value is -1.43. The van der Waals surface area contributed by atoms with Gasteiger partial charge in [0, 0.05) is 12.0 Å². The summed E-state index contributed by atoms with van der Waals surface area (Å²) in [7, 11) is 0. The van der Waals surface area contributed by atoms with Crippen LogP contribution in [-0.2, 0) is 12.6 Å². The third kappa shape index (κ3) is 2.46. The first-order chi connectivity index (χ1) is 7.71. The van der Waals surface area contributed by atoms with Crippen molar-refractivity contribution >= 4 is 0 Å². The van der Waals surface area contributed by atoms with E-state index < -0.39 is 28.8 Å². The van der Waals surface area contributed by atoms with Crippen molar-refractivity contribution in [1.82, 2.24) is 0 Å². The number of aromatic hydroxyl groups is 2. The number of halogens is 3. The number of phenolic OH excluding ortho intramolecular Hbond substituents is 2. The topological polar surface area (TPSA) is 60.7 Å². The van der Waals surface area contributed by atoms with Gasteiger partial charge in [0.15, 0.2) is 0 Å². The van der Waals surface area contributed by atoms with Gasteiger partial charge in [-0.25, -0.2) is 0 Å². The van der Waals surface area contributed by atoms with E-state index in [4.69, 9.17) is 0 Å². The molecule has 0 aromatic heterocycles. The summed E-state index contributed by atoms with van der Waals surface area (Å²) in [5.74, 6) is -1.50. The molecule has 94 valence electrons. The highest BCUT2D eigenvalue weighted by Gasteiger charge is 2.42. The van der Waals surface area contributed by atoms with Gasteiger partial charge in [-0.3, -0.25) is 0 Å². The van der Waals surface area contributed by atoms with Crippen molar-refractivity contribution in [1.29, 1.82) is 0 Å². The molecule has 0 heterocycles. The number of benzene rings is 1. The van der Waals surface area contributed by atoms with Crippen molar-refractivity contribution in [3.05, 3.63) is 23.3 Å². The van der Waals surface area contributed by atoms with E-state index in [0.717, 1.165) is 6.07 Å². The highest BCUT2D eigenvalue weighted by molar-refractivity contribution is 5.48. The highest BCUT2D eigenvalue weighted by Crippen LogP contribution is 2.44. The number of hydrogen-bond donors (Lipinski definition) is 3. The first kappa shape index (κ1) is 12.0. The first-order valence-electron chi connectivity index (χ1n) is 5.06. The molecule has 1 saturated carbocycles. The van der Waals surface area contributed by atoms with Gasteiger partial charge < -0.3 is 15.3 Å². The molecule has 0 atom stereocenters. The van der Waals surface area contributed by atoms with Crippen LogP contribution in [0.5, 0.6) is 11.5 Å². The van der Waals surface area contributed by atoms with E-state index in [1.54, 1.807) is 0 Å². The Morgan fingerprint density at radius 1 is 1.18 bits per heavy atom. The molecule has 1 aromatic rings. The summed E-state index contributed by atoms with van der Waals surface area (Å²) < 4.78 is 37.6. The molecule has 0 spiro atoms. The van der Waals surface area contributed by atoms with Gasteiger partial charge in [-0.2, -0.15) is 13.2 Å². The molecule has 1 aromatic carbocycles. The number of aliphatic hydroxyl groups is 1. The maximum Gasteiger partial charge on any atom is 0.420 e. The van der Waals surface area contributed by atoms with E-state index in [0.29, 0.717) is 18.9 Å². The zero-order valence-corrected chi connectivity index (χ0v) is 8.75. The fourth-order valence-electron chi connectivity index (χ4n) is 1.70. The Morgan fingerprint density at radius 3 is 2.24 bits per heavy atom. The van der Waals surface area contributed by atoms with Gasteiger partial charge in [-0.1, -0.05) is 0 Å². The lowest BCUT2D eigenvalue weighted by atomic mass is 10.0. The fourth-order valence-corrected chi connectivity index (χ4v) is 1.70. The zero-order chi connectivity index (χ0) is 12.8. The van der Waals surface area contributed by atoms with Crippen LogP contribution < -0.4 is 0 Å². The van der Waals surface area contributed by atoms with E-state index >= 15 is 0 Å². The average Bonchev–Trinajstić information content (AvgIpc) is 2.87. The molecule has 17 heavy (non-hydrogen) atoms. The minimum Gasteiger partial charge on any atom is -0.508 e. The molecule has 0 amide bonds. The zero-order valence-electron chi connectivity index (χ0n) is 8.75. The molecular formula is C11H11F3O3. The van der Waals surface area contributed by atoms with Gasteiger partial charge in [-0.15, -0.1) is 0 Å². The molecule has 2 rings (SSSR count). The van der Waals surface area contributed by atoms with E-state index in [1.807, 2.05) is 0 Å². The van der Waals surface area contributed by atoms with Crippen LogP contribution in [0.25, 0.3) is 0 Å². The Bertz CT molecular complexity index is 450. The minimum absolute atomic E-state index is 0.0858. The van der Waals surface area contributed by atoms with Crippen molar-refractivity contribution in [3.63, 3.8) is 0 Å². The summed E-state index contributed by atoms with van der Waals surface area (Å²) >= 11 is 0. The van der Waals surface area contributed by atoms with Crippen molar-refractivity contribution in [2.45, 2.75) is 31.0 Å². The van der Waals surface area contributed by atoms with E-state index in [2.05, 4.69) is 0 Å². The van der Waals surface area contributed by atoms with Crippen molar-refractivity contribution < 1.29 is 28.5 Å². The van der Waals surface area contributed by atoms with Gasteiger partial charge >= 0.3 is 6.18 Å². The highest BCUT2D eigenvalue weighted by atomic mass is 19.4. The van der Waals surface area contributed by atoms with Gasteiger partial charge in [0.2, 0.25) is 0 Å². The van der Waals surface area contributed by atoms with Gasteiger partial charge in [0.25, 0.3) is 0 Å². The largest absolute Gasteiger partial charge is 0.508 e. The fraction of sp³-hybridized carbons (Fsp3) is 0.455. The maximum absolute atomic E-state index is 12.5. The van der Waals surface area contributed by atoms with Crippen molar-refractivity contribution in [2.24, 2.45) is 0 Å². The first-order valence-corrected chi connectivity index (χ1v) is 5.06. The summed E-state index contributed by atoms with van der Waals surface area (Å²) in [4.78, 5) is 0. The van der Waals surface area contributed by atoms with Gasteiger partial charge in [0.05, 0.1) is 5.60 Å². The standard InChI is InChI=1S/C11H11F3O3/c12-11(13,14)8-4-7(15)3-6(9(8)16)5-10(17)1-2-10/h3-4,15-17H,1-2,5H2. The van der Waals surface area contributed by atoms with E-state index in [9.17, 15) is 28.5 Å². The quantitative estimate of drug-likeness (QED) is 0.703. The molecule has 0 bridgehead atoms. The van der Waals surface area contributed by atoms with E-state index in [-0.39, 0.29) is 12.0 Å². The molecule has 3 nitrogen and oxygen atoms in total. The molecule has 6 heteroatoms. The van der Waals surface area contributed by atoms with Crippen molar-refractivity contribution in [2.75, 3.05) is 0 Å². The predicted molar refractivity (Wildman–Crippen MR) is 52.7 cm³/mol. The van der Waals surface area contributed by atoms with Crippen LogP contribution in [0.3, 0.4) is 0 Å². The summed E-state index contributed by atoms with van der Waals surface area (Å²) in [6, 6.07) is 1.51. The second kappa shape index (κ2) is 3.53. The summed E-state index contributed by atoms with van der Waals surface area (Å²) in [6.45, 7) is 0. The summed E-state index contributed by atoms with van der Waals surface area (Å²) in [5.41, 5.74) is -2.40. The number of hydrogen-bond acceptors (Lipinski definition) is 3. The second-order valence-corrected chi connectivity index (χ2v) is 4.40. The molecule has 1 aliphatic rings. The minimum atomic E-state index is -4.73. The molecule has 3 N–H and O–H groups in total. The normalized spacial score (nSPS) is 18.1. The summed E-state index contributed by atoms with van der Waals surface area (Å²) in [6.07, 6.45) is -3.84. The van der Waals surface area contributed by atoms with Gasteiger partial charge in [0.1, 0.15) is 17.1 Å². The van der Waals surface area contributed by atoms with Gasteiger partial charge in [-0.05, 0) is 25.0 Å². The Morgan fingerprint density at radius 2 is 1.76 bits per heavy atom. The molecule has 0 radical (unpaired) electrons. The third-order valence-corrected chi connectivity index (χ3v) is 2.83. The smallest absolute Gasteiger partial charge is 0.420 e. The van der Waals surface area contributed by atoms with Crippen LogP contribution in [0.2, 0.25) is 0 Å². The van der Waals surface area contributed by atoms with Crippen LogP contribution in [0.4, 0.5) is 13.2 Å². The number of phenols is 2. The maximum atomic E-state index is 12.5. The Balaban J connectivity index is 2.42. The molecule has 0 aliphatic heterocycles. The molecule has 0 saturated heterocycles. The predicted octanol–water partition coefficient (Wildman–Crippen LogP) is 2.18. The SMILES string of the molecule is Oc1cc(CC2(O)CC2)c(O)c(C(F)(F)F)c1. The number of alkyl halides is 3. The monoisotopic (exact) mass is 248 g/mol. The Labute approximate surface area is 95.1 Å². The second-order valence-electron chi connectivity index (χ2n) is 4.40. The molecule has 1 aliphatic carbocycles. The lowest BCUT2D eigenvalue weighted by Gasteiger charge is -2.15. The molecule has 1 fully saturated rings. The van der Waals surface area contributed by atoms with Crippen LogP contribution in [0, 0.1) is 0 Å². The molecular weight excluding hydrogens is 237 g/mol. The van der Waals surface area contributed by atoms with Crippen LogP contribution in [0.1, 0.15) is 24.0 Å². The van der Waals surface area contributed by atoms with Crippen LogP contribution in [-0.4, -0.2) is 20.9 Å². The van der Waals surface area contributed by atoms with Crippen molar-refractivity contribution in [3.8, 4) is 11.5 Å². The lowest BCUT2D eigenvalue weighted by Crippen LogP contribution is -2.13. The van der Waals surface area contributed by atoms with Crippen LogP contribution >= 0.6 is 0 Å². The van der Waals surface area contributed by atoms with Crippen LogP contribution in [0.15, 0.2) is 12.1 Å². The summed E-state index contributed by atoms with van der Waals surface area (Å²) in [5, 5.41) is 28.3. The molecule has 0 unspecified atom stereocenters. The van der Waals surface area contributed by atoms with E-state index in [1.165, 1.54) is 0 Å². The lowest BCUT2D eigenvalue weighted by molar-refractivity contribution is -0.139. The number of rotatable bonds is 2. The third-order valence-electron chi connectivity index (χ3n) is 2.83.